The fourth-order valence-corrected chi connectivity index (χ4v) is 3.72. The van der Waals surface area contributed by atoms with Crippen molar-refractivity contribution < 1.29 is 4.39 Å². The SMILES string of the molecule is CC1CCCC(n2c(C(C)Cl)nc3cc(F)c(Cl)cc32)C1. The first-order chi connectivity index (χ1) is 9.97. The average Bonchev–Trinajstić information content (AvgIpc) is 2.78. The van der Waals surface area contributed by atoms with Gasteiger partial charge in [-0.25, -0.2) is 9.37 Å². The van der Waals surface area contributed by atoms with Gasteiger partial charge in [-0.05, 0) is 31.7 Å². The van der Waals surface area contributed by atoms with Crippen LogP contribution in [0.4, 0.5) is 4.39 Å². The Balaban J connectivity index is 2.17. The Morgan fingerprint density at radius 3 is 2.81 bits per heavy atom. The van der Waals surface area contributed by atoms with Gasteiger partial charge in [0.05, 0.1) is 21.4 Å². The highest BCUT2D eigenvalue weighted by atomic mass is 35.5. The van der Waals surface area contributed by atoms with Gasteiger partial charge >= 0.3 is 0 Å². The summed E-state index contributed by atoms with van der Waals surface area (Å²) in [6.45, 7) is 4.19. The number of aromatic nitrogens is 2. The summed E-state index contributed by atoms with van der Waals surface area (Å²) in [6.07, 6.45) is 4.69. The molecule has 1 fully saturated rings. The van der Waals surface area contributed by atoms with E-state index in [1.54, 1.807) is 6.07 Å². The number of hydrogen-bond donors (Lipinski definition) is 0. The number of benzene rings is 1. The molecule has 3 rings (SSSR count). The monoisotopic (exact) mass is 328 g/mol. The van der Waals surface area contributed by atoms with E-state index in [1.807, 2.05) is 6.92 Å². The molecule has 1 heterocycles. The zero-order valence-electron chi connectivity index (χ0n) is 12.2. The lowest BCUT2D eigenvalue weighted by Gasteiger charge is -2.30. The molecule has 1 aliphatic rings. The van der Waals surface area contributed by atoms with Gasteiger partial charge in [-0.1, -0.05) is 31.4 Å². The van der Waals surface area contributed by atoms with Crippen LogP contribution in [0.5, 0.6) is 0 Å². The third kappa shape index (κ3) is 2.78. The number of alkyl halides is 1. The average molecular weight is 329 g/mol. The maximum Gasteiger partial charge on any atom is 0.144 e. The van der Waals surface area contributed by atoms with Gasteiger partial charge in [-0.15, -0.1) is 11.6 Å². The fourth-order valence-electron chi connectivity index (χ4n) is 3.41. The normalized spacial score (nSPS) is 24.4. The summed E-state index contributed by atoms with van der Waals surface area (Å²) in [5.41, 5.74) is 1.53. The molecule has 0 radical (unpaired) electrons. The first kappa shape index (κ1) is 15.1. The number of halogens is 3. The molecule has 0 spiro atoms. The van der Waals surface area contributed by atoms with Gasteiger partial charge in [0.2, 0.25) is 0 Å². The van der Waals surface area contributed by atoms with Crippen molar-refractivity contribution in [2.75, 3.05) is 0 Å². The smallest absolute Gasteiger partial charge is 0.144 e. The van der Waals surface area contributed by atoms with E-state index in [4.69, 9.17) is 23.2 Å². The number of nitrogens with zero attached hydrogens (tertiary/aromatic N) is 2. The summed E-state index contributed by atoms with van der Waals surface area (Å²) in [6, 6.07) is 3.46. The molecule has 114 valence electrons. The summed E-state index contributed by atoms with van der Waals surface area (Å²) >= 11 is 12.3. The topological polar surface area (TPSA) is 17.8 Å². The Labute approximate surface area is 134 Å². The highest BCUT2D eigenvalue weighted by Crippen LogP contribution is 2.38. The Morgan fingerprint density at radius 1 is 1.38 bits per heavy atom. The summed E-state index contributed by atoms with van der Waals surface area (Å²) in [4.78, 5) is 4.55. The van der Waals surface area contributed by atoms with E-state index in [2.05, 4.69) is 16.5 Å². The minimum atomic E-state index is -0.431. The zero-order chi connectivity index (χ0) is 15.1. The number of fused-ring (bicyclic) bond motifs is 1. The maximum atomic E-state index is 13.7. The van der Waals surface area contributed by atoms with Gasteiger partial charge in [-0.2, -0.15) is 0 Å². The summed E-state index contributed by atoms with van der Waals surface area (Å²) in [7, 11) is 0. The molecule has 0 aliphatic heterocycles. The Bertz CT molecular complexity index is 666. The highest BCUT2D eigenvalue weighted by Gasteiger charge is 2.26. The Kier molecular flexibility index (Phi) is 4.15. The van der Waals surface area contributed by atoms with Gasteiger partial charge in [0.15, 0.2) is 0 Å². The molecular formula is C16H19Cl2FN2. The highest BCUT2D eigenvalue weighted by molar-refractivity contribution is 6.31. The van der Waals surface area contributed by atoms with Crippen LogP contribution in [0.15, 0.2) is 12.1 Å². The molecule has 0 bridgehead atoms. The lowest BCUT2D eigenvalue weighted by molar-refractivity contribution is 0.282. The number of hydrogen-bond acceptors (Lipinski definition) is 1. The van der Waals surface area contributed by atoms with Gasteiger partial charge < -0.3 is 4.57 Å². The Hall–Kier alpha value is -0.800. The molecule has 21 heavy (non-hydrogen) atoms. The van der Waals surface area contributed by atoms with Crippen LogP contribution in [-0.4, -0.2) is 9.55 Å². The summed E-state index contributed by atoms with van der Waals surface area (Å²) < 4.78 is 15.9. The largest absolute Gasteiger partial charge is 0.324 e. The van der Waals surface area contributed by atoms with Gasteiger partial charge in [-0.3, -0.25) is 0 Å². The lowest BCUT2D eigenvalue weighted by Crippen LogP contribution is -2.19. The van der Waals surface area contributed by atoms with E-state index >= 15 is 0 Å². The second-order valence-corrected chi connectivity index (χ2v) is 7.20. The summed E-state index contributed by atoms with van der Waals surface area (Å²) in [5, 5.41) is -0.0715. The van der Waals surface area contributed by atoms with E-state index in [0.29, 0.717) is 17.5 Å². The molecule has 0 N–H and O–H groups in total. The molecular weight excluding hydrogens is 310 g/mol. The van der Waals surface area contributed by atoms with Gasteiger partial charge in [0, 0.05) is 12.1 Å². The van der Waals surface area contributed by atoms with Crippen molar-refractivity contribution in [1.82, 2.24) is 9.55 Å². The molecule has 0 saturated heterocycles. The van der Waals surface area contributed by atoms with Crippen LogP contribution in [0, 0.1) is 11.7 Å². The predicted molar refractivity (Wildman–Crippen MR) is 85.6 cm³/mol. The number of imidazole rings is 1. The van der Waals surface area contributed by atoms with Crippen LogP contribution in [-0.2, 0) is 0 Å². The van der Waals surface area contributed by atoms with E-state index in [1.165, 1.54) is 18.9 Å². The molecule has 2 nitrogen and oxygen atoms in total. The molecule has 5 heteroatoms. The molecule has 3 unspecified atom stereocenters. The van der Waals surface area contributed by atoms with Gasteiger partial charge in [0.1, 0.15) is 11.6 Å². The zero-order valence-corrected chi connectivity index (χ0v) is 13.8. The molecule has 1 aliphatic carbocycles. The van der Waals surface area contributed by atoms with E-state index in [9.17, 15) is 4.39 Å². The van der Waals surface area contributed by atoms with E-state index in [-0.39, 0.29) is 10.4 Å². The summed E-state index contributed by atoms with van der Waals surface area (Å²) in [5.74, 6) is 1.07. The van der Waals surface area contributed by atoms with Crippen LogP contribution in [0.3, 0.4) is 0 Å². The maximum absolute atomic E-state index is 13.7. The van der Waals surface area contributed by atoms with Crippen LogP contribution >= 0.6 is 23.2 Å². The van der Waals surface area contributed by atoms with Crippen LogP contribution in [0.25, 0.3) is 11.0 Å². The second-order valence-electron chi connectivity index (χ2n) is 6.14. The van der Waals surface area contributed by atoms with Crippen molar-refractivity contribution in [3.63, 3.8) is 0 Å². The first-order valence-electron chi connectivity index (χ1n) is 7.48. The van der Waals surface area contributed by atoms with Crippen molar-refractivity contribution in [2.24, 2.45) is 5.92 Å². The van der Waals surface area contributed by atoms with Crippen LogP contribution < -0.4 is 0 Å². The van der Waals surface area contributed by atoms with Crippen LogP contribution in [0.1, 0.15) is 56.8 Å². The molecule has 1 aromatic carbocycles. The predicted octanol–water partition coefficient (Wildman–Crippen LogP) is 5.88. The Morgan fingerprint density at radius 2 is 2.14 bits per heavy atom. The molecule has 1 aromatic heterocycles. The first-order valence-corrected chi connectivity index (χ1v) is 8.29. The molecule has 0 amide bonds. The quantitative estimate of drug-likeness (QED) is 0.629. The molecule has 1 saturated carbocycles. The van der Waals surface area contributed by atoms with Gasteiger partial charge in [0.25, 0.3) is 0 Å². The van der Waals surface area contributed by atoms with E-state index < -0.39 is 5.82 Å². The van der Waals surface area contributed by atoms with Crippen molar-refractivity contribution in [3.05, 3.63) is 28.8 Å². The minimum absolute atomic E-state index is 0.140. The third-order valence-electron chi connectivity index (χ3n) is 4.39. The van der Waals surface area contributed by atoms with Crippen LogP contribution in [0.2, 0.25) is 5.02 Å². The van der Waals surface area contributed by atoms with E-state index in [0.717, 1.165) is 24.2 Å². The second kappa shape index (κ2) is 5.77. The standard InChI is InChI=1S/C16H19Cl2FN2/c1-9-4-3-5-11(6-9)21-15-7-12(18)13(19)8-14(15)20-16(21)10(2)17/h7-11H,3-6H2,1-2H3. The molecule has 3 atom stereocenters. The van der Waals surface area contributed by atoms with Crippen molar-refractivity contribution in [3.8, 4) is 0 Å². The minimum Gasteiger partial charge on any atom is -0.324 e. The lowest BCUT2D eigenvalue weighted by atomic mass is 9.86. The van der Waals surface area contributed by atoms with Crippen molar-refractivity contribution >= 4 is 34.2 Å². The third-order valence-corrected chi connectivity index (χ3v) is 4.87. The van der Waals surface area contributed by atoms with Crippen molar-refractivity contribution in [2.45, 2.75) is 50.9 Å². The van der Waals surface area contributed by atoms with Crippen molar-refractivity contribution in [1.29, 1.82) is 0 Å². The number of rotatable bonds is 2. The molecule has 2 aromatic rings. The fraction of sp³-hybridized carbons (Fsp3) is 0.562.